The van der Waals surface area contributed by atoms with Crippen LogP contribution in [0.25, 0.3) is 11.3 Å². The number of benzene rings is 1. The Kier molecular flexibility index (Phi) is 3.85. The lowest BCUT2D eigenvalue weighted by Gasteiger charge is -2.37. The Balaban J connectivity index is 1.98. The van der Waals surface area contributed by atoms with Crippen LogP contribution in [0.3, 0.4) is 0 Å². The summed E-state index contributed by atoms with van der Waals surface area (Å²) >= 11 is 0. The van der Waals surface area contributed by atoms with Crippen LogP contribution in [0.5, 0.6) is 5.75 Å². The Hall–Kier alpha value is -2.34. The molecule has 1 aliphatic heterocycles. The molecule has 1 aromatic heterocycles. The number of hydrogen-bond donors (Lipinski definition) is 2. The van der Waals surface area contributed by atoms with Gasteiger partial charge in [0.1, 0.15) is 5.75 Å². The van der Waals surface area contributed by atoms with E-state index in [1.165, 1.54) is 0 Å². The highest BCUT2D eigenvalue weighted by atomic mass is 16.5. The number of hydrogen-bond acceptors (Lipinski definition) is 6. The Bertz CT molecular complexity index is 667. The first-order valence-corrected chi connectivity index (χ1v) is 7.36. The van der Waals surface area contributed by atoms with Gasteiger partial charge in [-0.25, -0.2) is 0 Å². The quantitative estimate of drug-likeness (QED) is 0.883. The molecule has 0 spiro atoms. The van der Waals surface area contributed by atoms with Gasteiger partial charge in [-0.15, -0.1) is 10.2 Å². The normalized spacial score (nSPS) is 21.8. The smallest absolute Gasteiger partial charge is 0.169 e. The van der Waals surface area contributed by atoms with E-state index in [4.69, 9.17) is 10.5 Å². The molecule has 0 saturated carbocycles. The molecule has 3 rings (SSSR count). The molecule has 1 unspecified atom stereocenters. The van der Waals surface area contributed by atoms with E-state index in [2.05, 4.69) is 15.1 Å². The fourth-order valence-corrected chi connectivity index (χ4v) is 2.84. The molecule has 0 amide bonds. The number of morpholine rings is 1. The number of rotatable bonds is 2. The predicted molar refractivity (Wildman–Crippen MR) is 85.8 cm³/mol. The van der Waals surface area contributed by atoms with Crippen molar-refractivity contribution >= 4 is 11.5 Å². The van der Waals surface area contributed by atoms with E-state index in [0.717, 1.165) is 18.8 Å². The van der Waals surface area contributed by atoms with E-state index in [0.29, 0.717) is 17.1 Å². The summed E-state index contributed by atoms with van der Waals surface area (Å²) in [5.74, 6) is 0.566. The van der Waals surface area contributed by atoms with Crippen LogP contribution >= 0.6 is 0 Å². The Morgan fingerprint density at radius 2 is 1.86 bits per heavy atom. The van der Waals surface area contributed by atoms with Crippen molar-refractivity contribution in [3.05, 3.63) is 30.3 Å². The van der Waals surface area contributed by atoms with E-state index < -0.39 is 0 Å². The van der Waals surface area contributed by atoms with Gasteiger partial charge in [0, 0.05) is 18.7 Å². The summed E-state index contributed by atoms with van der Waals surface area (Å²) in [6.07, 6.45) is 0.259. The fourth-order valence-electron chi connectivity index (χ4n) is 2.84. The molecular weight excluding hydrogens is 280 g/mol. The summed E-state index contributed by atoms with van der Waals surface area (Å²) in [6.45, 7) is 5.58. The maximum absolute atomic E-state index is 9.99. The number of nitrogens with zero attached hydrogens (tertiary/aromatic N) is 3. The molecule has 1 saturated heterocycles. The van der Waals surface area contributed by atoms with E-state index >= 15 is 0 Å². The second-order valence-electron chi connectivity index (χ2n) is 5.68. The monoisotopic (exact) mass is 300 g/mol. The maximum atomic E-state index is 9.99. The molecule has 116 valence electrons. The zero-order valence-corrected chi connectivity index (χ0v) is 12.7. The first kappa shape index (κ1) is 14.6. The van der Waals surface area contributed by atoms with Gasteiger partial charge < -0.3 is 20.5 Å². The largest absolute Gasteiger partial charge is 0.507 e. The number of nitrogen functional groups attached to an aromatic ring is 1. The third-order valence-electron chi connectivity index (χ3n) is 3.74. The van der Waals surface area contributed by atoms with Crippen LogP contribution in [0.1, 0.15) is 13.8 Å². The van der Waals surface area contributed by atoms with Gasteiger partial charge in [-0.05, 0) is 32.0 Å². The predicted octanol–water partition coefficient (Wildman–Crippen LogP) is 2.04. The average Bonchev–Trinajstić information content (AvgIpc) is 2.47. The summed E-state index contributed by atoms with van der Waals surface area (Å²) in [6, 6.07) is 8.94. The molecule has 22 heavy (non-hydrogen) atoms. The SMILES string of the molecule is CC1CN(c2cc(-c3ccccc3O)nnc2N)C[C@@H](C)O1. The minimum atomic E-state index is 0.130. The number of aromatic nitrogens is 2. The number of phenolic OH excluding ortho intramolecular Hbond substituents is 1. The number of phenols is 1. The van der Waals surface area contributed by atoms with E-state index in [1.54, 1.807) is 12.1 Å². The van der Waals surface area contributed by atoms with Crippen LogP contribution in [0.4, 0.5) is 11.5 Å². The molecule has 0 aliphatic carbocycles. The van der Waals surface area contributed by atoms with E-state index in [9.17, 15) is 5.11 Å². The highest BCUT2D eigenvalue weighted by molar-refractivity contribution is 5.74. The molecule has 2 heterocycles. The molecule has 1 aromatic carbocycles. The summed E-state index contributed by atoms with van der Waals surface area (Å²) in [5, 5.41) is 18.2. The molecule has 2 atom stereocenters. The van der Waals surface area contributed by atoms with Gasteiger partial charge in [-0.2, -0.15) is 0 Å². The van der Waals surface area contributed by atoms with Crippen LogP contribution in [0.15, 0.2) is 30.3 Å². The first-order valence-electron chi connectivity index (χ1n) is 7.36. The van der Waals surface area contributed by atoms with Crippen molar-refractivity contribution in [1.82, 2.24) is 10.2 Å². The molecule has 0 radical (unpaired) electrons. The molecular formula is C16H20N4O2. The Morgan fingerprint density at radius 1 is 1.18 bits per heavy atom. The third kappa shape index (κ3) is 2.82. The molecule has 2 aromatic rings. The molecule has 6 nitrogen and oxygen atoms in total. The maximum Gasteiger partial charge on any atom is 0.169 e. The third-order valence-corrected chi connectivity index (χ3v) is 3.74. The van der Waals surface area contributed by atoms with Crippen molar-refractivity contribution in [1.29, 1.82) is 0 Å². The van der Waals surface area contributed by atoms with Crippen LogP contribution in [-0.2, 0) is 4.74 Å². The van der Waals surface area contributed by atoms with E-state index in [-0.39, 0.29) is 18.0 Å². The van der Waals surface area contributed by atoms with Gasteiger partial charge in [0.2, 0.25) is 0 Å². The van der Waals surface area contributed by atoms with Crippen molar-refractivity contribution in [2.24, 2.45) is 0 Å². The molecule has 0 bridgehead atoms. The lowest BCUT2D eigenvalue weighted by atomic mass is 10.1. The number of para-hydroxylation sites is 1. The van der Waals surface area contributed by atoms with Gasteiger partial charge in [0.05, 0.1) is 23.6 Å². The zero-order chi connectivity index (χ0) is 15.7. The summed E-state index contributed by atoms with van der Waals surface area (Å²) in [4.78, 5) is 2.16. The zero-order valence-electron chi connectivity index (χ0n) is 12.7. The summed E-state index contributed by atoms with van der Waals surface area (Å²) in [5.41, 5.74) is 8.09. The van der Waals surface area contributed by atoms with Crippen LogP contribution < -0.4 is 10.6 Å². The summed E-state index contributed by atoms with van der Waals surface area (Å²) < 4.78 is 5.75. The van der Waals surface area contributed by atoms with Gasteiger partial charge in [-0.1, -0.05) is 12.1 Å². The van der Waals surface area contributed by atoms with Crippen molar-refractivity contribution in [3.8, 4) is 17.0 Å². The van der Waals surface area contributed by atoms with Crippen LogP contribution in [-0.4, -0.2) is 40.6 Å². The number of anilines is 2. The topological polar surface area (TPSA) is 84.5 Å². The second kappa shape index (κ2) is 5.81. The molecule has 1 fully saturated rings. The average molecular weight is 300 g/mol. The highest BCUT2D eigenvalue weighted by Gasteiger charge is 2.24. The van der Waals surface area contributed by atoms with Crippen molar-refractivity contribution < 1.29 is 9.84 Å². The summed E-state index contributed by atoms with van der Waals surface area (Å²) in [7, 11) is 0. The van der Waals surface area contributed by atoms with Crippen molar-refractivity contribution in [2.75, 3.05) is 23.7 Å². The molecule has 1 aliphatic rings. The first-order chi connectivity index (χ1) is 10.5. The van der Waals surface area contributed by atoms with Crippen molar-refractivity contribution in [2.45, 2.75) is 26.1 Å². The fraction of sp³-hybridized carbons (Fsp3) is 0.375. The van der Waals surface area contributed by atoms with E-state index in [1.807, 2.05) is 32.0 Å². The Labute approximate surface area is 129 Å². The number of nitrogens with two attached hydrogens (primary N) is 1. The molecule has 6 heteroatoms. The second-order valence-corrected chi connectivity index (χ2v) is 5.68. The standard InChI is InChI=1S/C16H20N4O2/c1-10-8-20(9-11(2)22-10)14-7-13(18-19-16(14)17)12-5-3-4-6-15(12)21/h3-7,10-11,21H,8-9H2,1-2H3,(H2,17,19)/t10-,11?/m1/s1. The Morgan fingerprint density at radius 3 is 2.55 bits per heavy atom. The van der Waals surface area contributed by atoms with Crippen LogP contribution in [0, 0.1) is 0 Å². The minimum absolute atomic E-state index is 0.130. The lowest BCUT2D eigenvalue weighted by molar-refractivity contribution is -0.00519. The number of aromatic hydroxyl groups is 1. The van der Waals surface area contributed by atoms with Gasteiger partial charge in [-0.3, -0.25) is 0 Å². The lowest BCUT2D eigenvalue weighted by Crippen LogP contribution is -2.45. The highest BCUT2D eigenvalue weighted by Crippen LogP contribution is 2.32. The van der Waals surface area contributed by atoms with Gasteiger partial charge in [0.25, 0.3) is 0 Å². The van der Waals surface area contributed by atoms with Crippen LogP contribution in [0.2, 0.25) is 0 Å². The van der Waals surface area contributed by atoms with Crippen molar-refractivity contribution in [3.63, 3.8) is 0 Å². The van der Waals surface area contributed by atoms with Gasteiger partial charge >= 0.3 is 0 Å². The minimum Gasteiger partial charge on any atom is -0.507 e. The number of ether oxygens (including phenoxy) is 1. The van der Waals surface area contributed by atoms with Gasteiger partial charge in [0.15, 0.2) is 5.82 Å². The molecule has 3 N–H and O–H groups in total.